The second-order valence-electron chi connectivity index (χ2n) is 9.25. The Balaban J connectivity index is 0.00000231. The number of likely N-dealkylation sites (tertiary alicyclic amines) is 1. The van der Waals surface area contributed by atoms with Gasteiger partial charge in [-0.05, 0) is 57.9 Å². The summed E-state index contributed by atoms with van der Waals surface area (Å²) in [6.45, 7) is 6.85. The number of amides is 1. The molecule has 1 N–H and O–H groups in total. The van der Waals surface area contributed by atoms with E-state index in [-0.39, 0.29) is 42.9 Å². The van der Waals surface area contributed by atoms with E-state index < -0.39 is 0 Å². The molecular formula is C27H31Cl2N7O3S2. The fraction of sp³-hybridized carbons (Fsp3) is 0.333. The van der Waals surface area contributed by atoms with Gasteiger partial charge < -0.3 is 19.7 Å². The van der Waals surface area contributed by atoms with Crippen molar-refractivity contribution in [3.05, 3.63) is 66.5 Å². The summed E-state index contributed by atoms with van der Waals surface area (Å²) in [7, 11) is 0. The summed E-state index contributed by atoms with van der Waals surface area (Å²) in [6, 6.07) is 11.4. The van der Waals surface area contributed by atoms with Gasteiger partial charge in [-0.25, -0.2) is 19.7 Å². The van der Waals surface area contributed by atoms with Crippen LogP contribution in [0.25, 0.3) is 0 Å². The maximum absolute atomic E-state index is 12.2. The molecule has 1 fully saturated rings. The van der Waals surface area contributed by atoms with Gasteiger partial charge in [0.15, 0.2) is 11.6 Å². The van der Waals surface area contributed by atoms with Crippen LogP contribution >= 0.6 is 48.1 Å². The number of nitrogens with zero attached hydrogens (tertiary/aromatic N) is 6. The van der Waals surface area contributed by atoms with Crippen molar-refractivity contribution in [1.29, 1.82) is 0 Å². The summed E-state index contributed by atoms with van der Waals surface area (Å²) in [6.07, 6.45) is 6.45. The van der Waals surface area contributed by atoms with Gasteiger partial charge in [-0.3, -0.25) is 4.98 Å². The number of halogens is 2. The van der Waals surface area contributed by atoms with E-state index in [0.29, 0.717) is 35.5 Å². The third-order valence-electron chi connectivity index (χ3n) is 5.99. The van der Waals surface area contributed by atoms with Crippen molar-refractivity contribution in [3.8, 4) is 11.5 Å². The molecule has 1 aliphatic rings. The summed E-state index contributed by atoms with van der Waals surface area (Å²) < 4.78 is 16.2. The molecule has 218 valence electrons. The number of aromatic nitrogens is 5. The summed E-state index contributed by atoms with van der Waals surface area (Å²) in [5.41, 5.74) is 0.771. The van der Waals surface area contributed by atoms with Crippen LogP contribution in [0.3, 0.4) is 0 Å². The molecule has 1 saturated heterocycles. The molecule has 0 unspecified atom stereocenters. The fourth-order valence-electron chi connectivity index (χ4n) is 4.03. The number of pyridine rings is 3. The van der Waals surface area contributed by atoms with Crippen LogP contribution in [0.2, 0.25) is 0 Å². The largest absolute Gasteiger partial charge is 0.452 e. The highest BCUT2D eigenvalue weighted by Crippen LogP contribution is 2.37. The number of aryl methyl sites for hydroxylation is 1. The lowest BCUT2D eigenvalue weighted by Crippen LogP contribution is -2.39. The average Bonchev–Trinajstić information content (AvgIpc) is 3.40. The number of piperidine rings is 1. The molecule has 0 spiro atoms. The molecule has 14 heteroatoms. The van der Waals surface area contributed by atoms with Crippen molar-refractivity contribution >= 4 is 65.2 Å². The summed E-state index contributed by atoms with van der Waals surface area (Å²) in [5.74, 6) is 2.66. The van der Waals surface area contributed by atoms with E-state index in [9.17, 15) is 4.79 Å². The second-order valence-corrected chi connectivity index (χ2v) is 11.1. The van der Waals surface area contributed by atoms with E-state index in [1.165, 1.54) is 23.3 Å². The first-order valence-corrected chi connectivity index (χ1v) is 14.3. The van der Waals surface area contributed by atoms with Crippen LogP contribution in [-0.2, 0) is 4.74 Å². The third kappa shape index (κ3) is 8.65. The molecule has 0 saturated carbocycles. The Labute approximate surface area is 259 Å². The number of carbonyl (C=O) groups is 1. The van der Waals surface area contributed by atoms with E-state index in [1.54, 1.807) is 23.5 Å². The normalized spacial score (nSPS) is 13.2. The standard InChI is InChI=1S/C27H29N7O3S2.2ClH/c1-17(2)36-27(35)34-13-9-19(10-14-34)24-31-26(39-33-24)32-25-22(37-21-7-6-12-28-18(21)3)15-20(16-30-25)38-23-8-4-5-11-29-23;;/h4-8,11-12,15-17,19H,9-10,13-14H2,1-3H3,(H,30,31,32,33);2*1H. The topological polar surface area (TPSA) is 115 Å². The summed E-state index contributed by atoms with van der Waals surface area (Å²) in [4.78, 5) is 33.0. The van der Waals surface area contributed by atoms with E-state index in [0.717, 1.165) is 34.3 Å². The molecular weight excluding hydrogens is 605 g/mol. The lowest BCUT2D eigenvalue weighted by atomic mass is 9.96. The Morgan fingerprint density at radius 3 is 2.56 bits per heavy atom. The second kappa shape index (κ2) is 15.2. The van der Waals surface area contributed by atoms with Crippen molar-refractivity contribution in [2.75, 3.05) is 18.4 Å². The number of hydrogen-bond acceptors (Lipinski definition) is 11. The number of carbonyl (C=O) groups excluding carboxylic acids is 1. The predicted molar refractivity (Wildman–Crippen MR) is 164 cm³/mol. The predicted octanol–water partition coefficient (Wildman–Crippen LogP) is 7.29. The van der Waals surface area contributed by atoms with Gasteiger partial charge in [-0.1, -0.05) is 17.8 Å². The zero-order chi connectivity index (χ0) is 27.2. The first-order chi connectivity index (χ1) is 18.9. The number of ether oxygens (including phenoxy) is 2. The molecule has 1 amide bonds. The van der Waals surface area contributed by atoms with Crippen molar-refractivity contribution in [2.24, 2.45) is 0 Å². The van der Waals surface area contributed by atoms with Crippen LogP contribution < -0.4 is 10.1 Å². The van der Waals surface area contributed by atoms with Gasteiger partial charge in [-0.15, -0.1) is 24.8 Å². The van der Waals surface area contributed by atoms with E-state index in [4.69, 9.17) is 14.5 Å². The maximum atomic E-state index is 12.2. The fourth-order valence-corrected chi connectivity index (χ4v) is 5.45. The Morgan fingerprint density at radius 2 is 1.85 bits per heavy atom. The van der Waals surface area contributed by atoms with Gasteiger partial charge in [0.2, 0.25) is 5.13 Å². The zero-order valence-electron chi connectivity index (χ0n) is 22.7. The molecule has 4 aromatic rings. The van der Waals surface area contributed by atoms with Gasteiger partial charge in [0, 0.05) is 60.1 Å². The van der Waals surface area contributed by atoms with E-state index >= 15 is 0 Å². The first kappa shape index (κ1) is 32.3. The summed E-state index contributed by atoms with van der Waals surface area (Å²) >= 11 is 2.78. The molecule has 41 heavy (non-hydrogen) atoms. The van der Waals surface area contributed by atoms with Crippen LogP contribution in [0.5, 0.6) is 11.5 Å². The van der Waals surface area contributed by atoms with E-state index in [1.807, 2.05) is 57.2 Å². The minimum Gasteiger partial charge on any atom is -0.452 e. The van der Waals surface area contributed by atoms with Crippen LogP contribution in [0.4, 0.5) is 15.7 Å². The molecule has 0 bridgehead atoms. The molecule has 0 aliphatic carbocycles. The summed E-state index contributed by atoms with van der Waals surface area (Å²) in [5, 5.41) is 4.77. The monoisotopic (exact) mass is 635 g/mol. The number of anilines is 2. The van der Waals surface area contributed by atoms with Crippen molar-refractivity contribution in [1.82, 2.24) is 29.2 Å². The van der Waals surface area contributed by atoms with Crippen LogP contribution in [0.1, 0.15) is 44.1 Å². The molecule has 0 aromatic carbocycles. The van der Waals surface area contributed by atoms with Crippen LogP contribution in [-0.4, -0.2) is 54.5 Å². The van der Waals surface area contributed by atoms with Crippen LogP contribution in [0.15, 0.2) is 64.9 Å². The quantitative estimate of drug-likeness (QED) is 0.211. The van der Waals surface area contributed by atoms with Crippen molar-refractivity contribution in [2.45, 2.75) is 55.6 Å². The molecule has 5 heterocycles. The van der Waals surface area contributed by atoms with Crippen LogP contribution in [0, 0.1) is 6.92 Å². The molecule has 0 radical (unpaired) electrons. The lowest BCUT2D eigenvalue weighted by molar-refractivity contribution is 0.0689. The first-order valence-electron chi connectivity index (χ1n) is 12.7. The number of nitrogens with one attached hydrogen (secondary N) is 1. The molecule has 0 atom stereocenters. The zero-order valence-corrected chi connectivity index (χ0v) is 26.0. The van der Waals surface area contributed by atoms with Gasteiger partial charge in [0.1, 0.15) is 16.6 Å². The minimum absolute atomic E-state index is 0. The molecule has 10 nitrogen and oxygen atoms in total. The van der Waals surface area contributed by atoms with Crippen molar-refractivity contribution in [3.63, 3.8) is 0 Å². The van der Waals surface area contributed by atoms with E-state index in [2.05, 4.69) is 24.6 Å². The highest BCUT2D eigenvalue weighted by Gasteiger charge is 2.27. The van der Waals surface area contributed by atoms with Crippen molar-refractivity contribution < 1.29 is 14.3 Å². The number of hydrogen-bond donors (Lipinski definition) is 1. The Morgan fingerprint density at radius 1 is 1.07 bits per heavy atom. The highest BCUT2D eigenvalue weighted by molar-refractivity contribution is 7.99. The Hall–Kier alpha value is -3.19. The van der Waals surface area contributed by atoms with Gasteiger partial charge in [0.25, 0.3) is 0 Å². The SMILES string of the molecule is Cc1ncccc1Oc1cc(Sc2ccccn2)cnc1Nc1nc(C2CCN(C(=O)OC(C)C)CC2)ns1.Cl.Cl. The van der Waals surface area contributed by atoms with Gasteiger partial charge in [0.05, 0.1) is 11.8 Å². The Kier molecular flexibility index (Phi) is 11.9. The molecule has 4 aromatic heterocycles. The highest BCUT2D eigenvalue weighted by atomic mass is 35.5. The smallest absolute Gasteiger partial charge is 0.410 e. The molecule has 5 rings (SSSR count). The third-order valence-corrected chi connectivity index (χ3v) is 7.54. The Bertz CT molecular complexity index is 1420. The minimum atomic E-state index is -0.260. The maximum Gasteiger partial charge on any atom is 0.410 e. The molecule has 1 aliphatic heterocycles. The van der Waals surface area contributed by atoms with Gasteiger partial charge in [-0.2, -0.15) is 4.37 Å². The lowest BCUT2D eigenvalue weighted by Gasteiger charge is -2.30. The van der Waals surface area contributed by atoms with Gasteiger partial charge >= 0.3 is 6.09 Å². The number of rotatable bonds is 8. The average molecular weight is 637 g/mol.